The van der Waals surface area contributed by atoms with Crippen LogP contribution >= 0.6 is 0 Å². The second kappa shape index (κ2) is 8.37. The zero-order valence-corrected chi connectivity index (χ0v) is 16.4. The number of nitrogens with zero attached hydrogens (tertiary/aromatic N) is 3. The third-order valence-electron chi connectivity index (χ3n) is 5.05. The number of ether oxygens (including phenoxy) is 2. The molecule has 0 aliphatic carbocycles. The fourth-order valence-electron chi connectivity index (χ4n) is 3.47. The van der Waals surface area contributed by atoms with Crippen LogP contribution in [-0.4, -0.2) is 43.1 Å². The summed E-state index contributed by atoms with van der Waals surface area (Å²) in [7, 11) is 3.17. The molecular weight excluding hydrogens is 342 g/mol. The van der Waals surface area contributed by atoms with Crippen molar-refractivity contribution >= 4 is 11.6 Å². The fourth-order valence-corrected chi connectivity index (χ4v) is 3.47. The molecule has 0 amide bonds. The summed E-state index contributed by atoms with van der Waals surface area (Å²) in [6, 6.07) is 7.39. The Kier molecular flexibility index (Phi) is 5.94. The first-order valence-corrected chi connectivity index (χ1v) is 9.36. The van der Waals surface area contributed by atoms with E-state index in [1.807, 2.05) is 12.1 Å². The van der Waals surface area contributed by atoms with Crippen molar-refractivity contribution in [1.82, 2.24) is 9.97 Å². The molecule has 3 rings (SSSR count). The summed E-state index contributed by atoms with van der Waals surface area (Å²) in [5.74, 6) is 2.53. The van der Waals surface area contributed by atoms with E-state index in [4.69, 9.17) is 9.47 Å². The minimum absolute atomic E-state index is 0.0608. The van der Waals surface area contributed by atoms with Gasteiger partial charge in [0.05, 0.1) is 14.2 Å². The first-order valence-electron chi connectivity index (χ1n) is 9.36. The van der Waals surface area contributed by atoms with Crippen LogP contribution in [0, 0.1) is 5.92 Å². The SMILES string of the molecule is COc1ccc(C(=O)[C@H]2CCCN(c3cc(C(C)C)ncn3)C2)cc1OC. The van der Waals surface area contributed by atoms with E-state index in [-0.39, 0.29) is 11.7 Å². The van der Waals surface area contributed by atoms with E-state index < -0.39 is 0 Å². The van der Waals surface area contributed by atoms with Crippen LogP contribution in [0.3, 0.4) is 0 Å². The highest BCUT2D eigenvalue weighted by Gasteiger charge is 2.28. The molecule has 1 aliphatic heterocycles. The Balaban J connectivity index is 1.78. The normalized spacial score (nSPS) is 17.1. The first kappa shape index (κ1) is 19.1. The van der Waals surface area contributed by atoms with Crippen LogP contribution in [0.15, 0.2) is 30.6 Å². The lowest BCUT2D eigenvalue weighted by Crippen LogP contribution is -2.39. The van der Waals surface area contributed by atoms with Gasteiger partial charge in [-0.3, -0.25) is 4.79 Å². The number of ketones is 1. The molecule has 2 aromatic rings. The van der Waals surface area contributed by atoms with Gasteiger partial charge >= 0.3 is 0 Å². The van der Waals surface area contributed by atoms with Gasteiger partial charge in [0, 0.05) is 36.3 Å². The summed E-state index contributed by atoms with van der Waals surface area (Å²) >= 11 is 0. The molecule has 0 unspecified atom stereocenters. The predicted octanol–water partition coefficient (Wildman–Crippen LogP) is 3.72. The number of Topliss-reactive ketones (excluding diaryl/α,β-unsaturated/α-hetero) is 1. The Hall–Kier alpha value is -2.63. The van der Waals surface area contributed by atoms with Gasteiger partial charge in [-0.25, -0.2) is 9.97 Å². The molecule has 6 heteroatoms. The average molecular weight is 369 g/mol. The van der Waals surface area contributed by atoms with Gasteiger partial charge in [-0.05, 0) is 37.0 Å². The lowest BCUT2D eigenvalue weighted by Gasteiger charge is -2.33. The van der Waals surface area contributed by atoms with Crippen molar-refractivity contribution in [3.63, 3.8) is 0 Å². The molecule has 1 atom stereocenters. The minimum atomic E-state index is -0.0608. The van der Waals surface area contributed by atoms with Crippen LogP contribution in [0.1, 0.15) is 48.7 Å². The van der Waals surface area contributed by atoms with Crippen molar-refractivity contribution in [2.75, 3.05) is 32.2 Å². The zero-order chi connectivity index (χ0) is 19.4. The molecule has 144 valence electrons. The molecule has 27 heavy (non-hydrogen) atoms. The van der Waals surface area contributed by atoms with E-state index in [9.17, 15) is 4.79 Å². The first-order chi connectivity index (χ1) is 13.0. The number of aromatic nitrogens is 2. The lowest BCUT2D eigenvalue weighted by molar-refractivity contribution is 0.0906. The number of carbonyl (C=O) groups is 1. The van der Waals surface area contributed by atoms with E-state index in [0.29, 0.717) is 29.5 Å². The molecule has 0 bridgehead atoms. The van der Waals surface area contributed by atoms with E-state index in [1.165, 1.54) is 0 Å². The quantitative estimate of drug-likeness (QED) is 0.723. The third-order valence-corrected chi connectivity index (χ3v) is 5.05. The molecular formula is C21H27N3O3. The number of hydrogen-bond donors (Lipinski definition) is 0. The van der Waals surface area contributed by atoms with E-state index >= 15 is 0 Å². The molecule has 1 aromatic carbocycles. The molecule has 1 aliphatic rings. The highest BCUT2D eigenvalue weighted by atomic mass is 16.5. The molecule has 1 saturated heterocycles. The zero-order valence-electron chi connectivity index (χ0n) is 16.4. The number of carbonyl (C=O) groups excluding carboxylic acids is 1. The molecule has 0 spiro atoms. The van der Waals surface area contributed by atoms with E-state index in [2.05, 4.69) is 28.7 Å². The van der Waals surface area contributed by atoms with Gasteiger partial charge in [0.1, 0.15) is 12.1 Å². The summed E-state index contributed by atoms with van der Waals surface area (Å²) in [6.45, 7) is 5.81. The van der Waals surface area contributed by atoms with Crippen molar-refractivity contribution in [3.05, 3.63) is 41.9 Å². The van der Waals surface area contributed by atoms with Crippen LogP contribution in [0.5, 0.6) is 11.5 Å². The molecule has 6 nitrogen and oxygen atoms in total. The number of rotatable bonds is 6. The maximum atomic E-state index is 13.1. The van der Waals surface area contributed by atoms with Gasteiger partial charge in [-0.1, -0.05) is 13.8 Å². The van der Waals surface area contributed by atoms with Crippen molar-refractivity contribution < 1.29 is 14.3 Å². The Morgan fingerprint density at radius 1 is 1.15 bits per heavy atom. The lowest BCUT2D eigenvalue weighted by atomic mass is 9.89. The molecule has 1 aromatic heterocycles. The van der Waals surface area contributed by atoms with Gasteiger partial charge in [-0.15, -0.1) is 0 Å². The Morgan fingerprint density at radius 3 is 2.63 bits per heavy atom. The molecule has 0 N–H and O–H groups in total. The van der Waals surface area contributed by atoms with Gasteiger partial charge in [0.25, 0.3) is 0 Å². The van der Waals surface area contributed by atoms with Gasteiger partial charge in [-0.2, -0.15) is 0 Å². The second-order valence-electron chi connectivity index (χ2n) is 7.17. The van der Waals surface area contributed by atoms with Gasteiger partial charge in [0.15, 0.2) is 17.3 Å². The van der Waals surface area contributed by atoms with Crippen molar-refractivity contribution in [2.45, 2.75) is 32.6 Å². The van der Waals surface area contributed by atoms with Crippen LogP contribution in [0.4, 0.5) is 5.82 Å². The average Bonchev–Trinajstić information content (AvgIpc) is 2.72. The maximum Gasteiger partial charge on any atom is 0.167 e. The molecule has 0 saturated carbocycles. The van der Waals surface area contributed by atoms with Crippen molar-refractivity contribution in [1.29, 1.82) is 0 Å². The summed E-state index contributed by atoms with van der Waals surface area (Å²) in [4.78, 5) is 24.0. The van der Waals surface area contributed by atoms with Gasteiger partial charge < -0.3 is 14.4 Å². The number of hydrogen-bond acceptors (Lipinski definition) is 6. The Bertz CT molecular complexity index is 807. The number of methoxy groups -OCH3 is 2. The number of piperidine rings is 1. The van der Waals surface area contributed by atoms with Crippen molar-refractivity contribution in [2.24, 2.45) is 5.92 Å². The second-order valence-corrected chi connectivity index (χ2v) is 7.17. The van der Waals surface area contributed by atoms with Crippen LogP contribution < -0.4 is 14.4 Å². The standard InChI is InChI=1S/C21H27N3O3/c1-14(2)17-11-20(23-13-22-17)24-9-5-6-16(12-24)21(25)15-7-8-18(26-3)19(10-15)27-4/h7-8,10-11,13-14,16H,5-6,9,12H2,1-4H3/t16-/m0/s1. The monoisotopic (exact) mass is 369 g/mol. The highest BCUT2D eigenvalue weighted by Crippen LogP contribution is 2.31. The van der Waals surface area contributed by atoms with E-state index in [1.54, 1.807) is 32.7 Å². The maximum absolute atomic E-state index is 13.1. The summed E-state index contributed by atoms with van der Waals surface area (Å²) < 4.78 is 10.6. The number of anilines is 1. The topological polar surface area (TPSA) is 64.5 Å². The largest absolute Gasteiger partial charge is 0.493 e. The van der Waals surface area contributed by atoms with Crippen LogP contribution in [0.25, 0.3) is 0 Å². The van der Waals surface area contributed by atoms with Crippen LogP contribution in [-0.2, 0) is 0 Å². The molecule has 1 fully saturated rings. The summed E-state index contributed by atoms with van der Waals surface area (Å²) in [6.07, 6.45) is 3.46. The molecule has 0 radical (unpaired) electrons. The predicted molar refractivity (Wildman–Crippen MR) is 105 cm³/mol. The highest BCUT2D eigenvalue weighted by molar-refractivity contribution is 5.98. The van der Waals surface area contributed by atoms with Crippen molar-refractivity contribution in [3.8, 4) is 11.5 Å². The summed E-state index contributed by atoms with van der Waals surface area (Å²) in [5.41, 5.74) is 1.68. The minimum Gasteiger partial charge on any atom is -0.493 e. The third kappa shape index (κ3) is 4.21. The molecule has 2 heterocycles. The summed E-state index contributed by atoms with van der Waals surface area (Å²) in [5, 5.41) is 0. The van der Waals surface area contributed by atoms with Crippen LogP contribution in [0.2, 0.25) is 0 Å². The van der Waals surface area contributed by atoms with Gasteiger partial charge in [0.2, 0.25) is 0 Å². The van der Waals surface area contributed by atoms with E-state index in [0.717, 1.165) is 30.9 Å². The Labute approximate surface area is 160 Å². The number of benzene rings is 1. The smallest absolute Gasteiger partial charge is 0.167 e. The fraction of sp³-hybridized carbons (Fsp3) is 0.476. The Morgan fingerprint density at radius 2 is 1.93 bits per heavy atom.